The van der Waals surface area contributed by atoms with E-state index >= 15 is 0 Å². The summed E-state index contributed by atoms with van der Waals surface area (Å²) < 4.78 is 5.80. The Balaban J connectivity index is 2.00. The summed E-state index contributed by atoms with van der Waals surface area (Å²) in [5, 5.41) is 10.3. The van der Waals surface area contributed by atoms with Crippen molar-refractivity contribution in [3.63, 3.8) is 0 Å². The molecule has 22 heavy (non-hydrogen) atoms. The lowest BCUT2D eigenvalue weighted by molar-refractivity contribution is -0.0571. The minimum absolute atomic E-state index is 0.0741. The molecule has 4 heteroatoms. The summed E-state index contributed by atoms with van der Waals surface area (Å²) in [5.41, 5.74) is 7.20. The fourth-order valence-electron chi connectivity index (χ4n) is 2.75. The van der Waals surface area contributed by atoms with Gasteiger partial charge < -0.3 is 15.6 Å². The summed E-state index contributed by atoms with van der Waals surface area (Å²) in [4.78, 5) is 12.5. The third-order valence-corrected chi connectivity index (χ3v) is 4.09. The summed E-state index contributed by atoms with van der Waals surface area (Å²) in [6.07, 6.45) is -0.831. The Labute approximate surface area is 129 Å². The van der Waals surface area contributed by atoms with Crippen molar-refractivity contribution in [2.24, 2.45) is 5.73 Å². The lowest BCUT2D eigenvalue weighted by Gasteiger charge is -2.40. The summed E-state index contributed by atoms with van der Waals surface area (Å²) in [5.74, 6) is 0.544. The molecule has 0 amide bonds. The number of benzene rings is 2. The molecule has 114 valence electrons. The largest absolute Gasteiger partial charge is 0.485 e. The van der Waals surface area contributed by atoms with Crippen LogP contribution in [-0.2, 0) is 0 Å². The predicted octanol–water partition coefficient (Wildman–Crippen LogP) is 2.45. The fourth-order valence-corrected chi connectivity index (χ4v) is 2.75. The van der Waals surface area contributed by atoms with E-state index in [9.17, 15) is 9.90 Å². The number of rotatable bonds is 2. The molecule has 0 fully saturated rings. The van der Waals surface area contributed by atoms with Crippen molar-refractivity contribution in [1.29, 1.82) is 0 Å². The smallest absolute Gasteiger partial charge is 0.193 e. The molecule has 2 atom stereocenters. The molecule has 1 aliphatic rings. The molecular formula is C18H19NO3. The van der Waals surface area contributed by atoms with Gasteiger partial charge in [-0.25, -0.2) is 0 Å². The molecule has 0 unspecified atom stereocenters. The topological polar surface area (TPSA) is 72.5 Å². The van der Waals surface area contributed by atoms with Crippen molar-refractivity contribution in [1.82, 2.24) is 0 Å². The van der Waals surface area contributed by atoms with Gasteiger partial charge in [-0.2, -0.15) is 0 Å². The molecule has 0 saturated carbocycles. The van der Waals surface area contributed by atoms with Gasteiger partial charge in [0.15, 0.2) is 5.78 Å². The number of hydrogen-bond donors (Lipinski definition) is 2. The first-order valence-electron chi connectivity index (χ1n) is 7.26. The lowest BCUT2D eigenvalue weighted by atomic mass is 9.86. The number of aliphatic hydroxyl groups is 1. The number of aliphatic hydroxyl groups excluding tert-OH is 1. The van der Waals surface area contributed by atoms with Crippen molar-refractivity contribution >= 4 is 5.78 Å². The molecular weight excluding hydrogens is 278 g/mol. The minimum Gasteiger partial charge on any atom is -0.485 e. The number of ketones is 1. The number of carbonyl (C=O) groups is 1. The van der Waals surface area contributed by atoms with E-state index in [0.717, 1.165) is 0 Å². The lowest BCUT2D eigenvalue weighted by Crippen LogP contribution is -2.51. The number of ether oxygens (including phenoxy) is 1. The molecule has 0 spiro atoms. The number of hydrogen-bond acceptors (Lipinski definition) is 4. The van der Waals surface area contributed by atoms with Gasteiger partial charge in [0, 0.05) is 16.7 Å². The Morgan fingerprint density at radius 2 is 1.82 bits per heavy atom. The zero-order chi connectivity index (χ0) is 15.9. The second kappa shape index (κ2) is 5.23. The second-order valence-electron chi connectivity index (χ2n) is 6.12. The van der Waals surface area contributed by atoms with Crippen LogP contribution in [0.15, 0.2) is 48.5 Å². The quantitative estimate of drug-likeness (QED) is 0.835. The van der Waals surface area contributed by atoms with Gasteiger partial charge in [-0.3, -0.25) is 4.79 Å². The maximum absolute atomic E-state index is 12.5. The first-order chi connectivity index (χ1) is 10.4. The van der Waals surface area contributed by atoms with Crippen LogP contribution in [0.2, 0.25) is 0 Å². The van der Waals surface area contributed by atoms with Crippen molar-refractivity contribution in [2.75, 3.05) is 0 Å². The van der Waals surface area contributed by atoms with Gasteiger partial charge in [0.2, 0.25) is 0 Å². The molecule has 1 heterocycles. The highest BCUT2D eigenvalue weighted by molar-refractivity contribution is 6.09. The zero-order valence-electron chi connectivity index (χ0n) is 12.6. The van der Waals surface area contributed by atoms with Crippen LogP contribution in [0.25, 0.3) is 0 Å². The Morgan fingerprint density at radius 3 is 2.50 bits per heavy atom. The van der Waals surface area contributed by atoms with Gasteiger partial charge in [-0.15, -0.1) is 0 Å². The molecule has 0 radical (unpaired) electrons. The van der Waals surface area contributed by atoms with Crippen LogP contribution < -0.4 is 10.5 Å². The molecule has 4 nitrogen and oxygen atoms in total. The van der Waals surface area contributed by atoms with Gasteiger partial charge >= 0.3 is 0 Å². The first kappa shape index (κ1) is 14.8. The summed E-state index contributed by atoms with van der Waals surface area (Å²) >= 11 is 0. The fraction of sp³-hybridized carbons (Fsp3) is 0.278. The average Bonchev–Trinajstić information content (AvgIpc) is 2.52. The molecule has 0 saturated heterocycles. The van der Waals surface area contributed by atoms with Crippen LogP contribution >= 0.6 is 0 Å². The number of carbonyl (C=O) groups excluding carboxylic acids is 1. The van der Waals surface area contributed by atoms with Gasteiger partial charge in [-0.1, -0.05) is 30.3 Å². The SMILES string of the molecule is CC1(C)Oc2ccc(C(=O)c3ccccc3)cc2[C@H](N)[C@H]1O. The molecule has 0 aromatic heterocycles. The van der Waals surface area contributed by atoms with Crippen molar-refractivity contribution < 1.29 is 14.6 Å². The van der Waals surface area contributed by atoms with Crippen LogP contribution in [-0.4, -0.2) is 22.6 Å². The predicted molar refractivity (Wildman–Crippen MR) is 84.0 cm³/mol. The van der Waals surface area contributed by atoms with Crippen LogP contribution in [0.5, 0.6) is 5.75 Å². The van der Waals surface area contributed by atoms with Crippen LogP contribution in [0.1, 0.15) is 41.4 Å². The van der Waals surface area contributed by atoms with E-state index in [0.29, 0.717) is 22.4 Å². The van der Waals surface area contributed by atoms with Crippen LogP contribution in [0, 0.1) is 0 Å². The molecule has 0 bridgehead atoms. The van der Waals surface area contributed by atoms with E-state index in [2.05, 4.69) is 0 Å². The Hall–Kier alpha value is -2.17. The van der Waals surface area contributed by atoms with E-state index in [1.54, 1.807) is 44.2 Å². The van der Waals surface area contributed by atoms with Crippen LogP contribution in [0.4, 0.5) is 0 Å². The van der Waals surface area contributed by atoms with E-state index in [-0.39, 0.29) is 5.78 Å². The molecule has 3 N–H and O–H groups in total. The number of nitrogens with two attached hydrogens (primary N) is 1. The van der Waals surface area contributed by atoms with Crippen molar-refractivity contribution in [3.8, 4) is 5.75 Å². The monoisotopic (exact) mass is 297 g/mol. The highest BCUT2D eigenvalue weighted by Crippen LogP contribution is 2.39. The van der Waals surface area contributed by atoms with Gasteiger partial charge in [0.25, 0.3) is 0 Å². The maximum atomic E-state index is 12.5. The Bertz CT molecular complexity index is 710. The van der Waals surface area contributed by atoms with Crippen molar-refractivity contribution in [3.05, 3.63) is 65.2 Å². The highest BCUT2D eigenvalue weighted by atomic mass is 16.5. The van der Waals surface area contributed by atoms with Gasteiger partial charge in [0.1, 0.15) is 17.5 Å². The Morgan fingerprint density at radius 1 is 1.14 bits per heavy atom. The molecule has 2 aromatic carbocycles. The van der Waals surface area contributed by atoms with Crippen molar-refractivity contribution in [2.45, 2.75) is 31.6 Å². The standard InChI is InChI=1S/C18H19NO3/c1-18(2)17(21)15(19)13-10-12(8-9-14(13)22-18)16(20)11-6-4-3-5-7-11/h3-10,15,17,21H,19H2,1-2H3/t15-,17+/m0/s1. The maximum Gasteiger partial charge on any atom is 0.193 e. The molecule has 2 aromatic rings. The number of fused-ring (bicyclic) bond motifs is 1. The summed E-state index contributed by atoms with van der Waals surface area (Å²) in [7, 11) is 0. The third kappa shape index (κ3) is 2.40. The van der Waals surface area contributed by atoms with Gasteiger partial charge in [-0.05, 0) is 32.0 Å². The molecule has 1 aliphatic heterocycles. The average molecular weight is 297 g/mol. The Kier molecular flexibility index (Phi) is 3.51. The van der Waals surface area contributed by atoms with E-state index in [1.165, 1.54) is 0 Å². The summed E-state index contributed by atoms with van der Waals surface area (Å²) in [6, 6.07) is 13.7. The van der Waals surface area contributed by atoms with E-state index < -0.39 is 17.7 Å². The summed E-state index contributed by atoms with van der Waals surface area (Å²) in [6.45, 7) is 3.59. The van der Waals surface area contributed by atoms with Crippen LogP contribution in [0.3, 0.4) is 0 Å². The first-order valence-corrected chi connectivity index (χ1v) is 7.26. The van der Waals surface area contributed by atoms with Gasteiger partial charge in [0.05, 0.1) is 6.04 Å². The highest BCUT2D eigenvalue weighted by Gasteiger charge is 2.41. The normalized spacial score (nSPS) is 22.5. The third-order valence-electron chi connectivity index (χ3n) is 4.09. The minimum atomic E-state index is -0.831. The van der Waals surface area contributed by atoms with E-state index in [4.69, 9.17) is 10.5 Å². The molecule has 0 aliphatic carbocycles. The molecule has 3 rings (SSSR count). The zero-order valence-corrected chi connectivity index (χ0v) is 12.6. The second-order valence-corrected chi connectivity index (χ2v) is 6.12. The van der Waals surface area contributed by atoms with E-state index in [1.807, 2.05) is 18.2 Å².